The molecule has 3 rings (SSSR count). The van der Waals surface area contributed by atoms with Crippen LogP contribution in [0.5, 0.6) is 0 Å². The van der Waals surface area contributed by atoms with Crippen molar-refractivity contribution >= 4 is 22.8 Å². The second kappa shape index (κ2) is 11.1. The van der Waals surface area contributed by atoms with Crippen LogP contribution in [0.1, 0.15) is 56.0 Å². The molecule has 0 unspecified atom stereocenters. The third kappa shape index (κ3) is 5.56. The van der Waals surface area contributed by atoms with Crippen LogP contribution < -0.4 is 4.90 Å². The van der Waals surface area contributed by atoms with E-state index >= 15 is 0 Å². The van der Waals surface area contributed by atoms with Gasteiger partial charge in [-0.2, -0.15) is 0 Å². The van der Waals surface area contributed by atoms with Gasteiger partial charge in [0, 0.05) is 29.0 Å². The molecular formula is C26H31NO. The van der Waals surface area contributed by atoms with Crippen LogP contribution in [0.2, 0.25) is 0 Å². The number of aryl methyl sites for hydroxylation is 1. The predicted molar refractivity (Wildman–Crippen MR) is 121 cm³/mol. The van der Waals surface area contributed by atoms with E-state index in [0.717, 1.165) is 35.5 Å². The van der Waals surface area contributed by atoms with Crippen molar-refractivity contribution in [2.45, 2.75) is 47.0 Å². The number of ketones is 1. The summed E-state index contributed by atoms with van der Waals surface area (Å²) in [5, 5.41) is 0. The van der Waals surface area contributed by atoms with E-state index < -0.39 is 0 Å². The SMILES string of the molecule is CC.CCCCC(=O)c1ccc(N(c2ccccc2)c2ccc(C)cc2)cc1. The first-order valence-electron chi connectivity index (χ1n) is 10.2. The van der Waals surface area contributed by atoms with E-state index in [-0.39, 0.29) is 5.78 Å². The Morgan fingerprint density at radius 3 is 1.79 bits per heavy atom. The van der Waals surface area contributed by atoms with Crippen LogP contribution in [0.3, 0.4) is 0 Å². The Hall–Kier alpha value is -2.87. The van der Waals surface area contributed by atoms with Crippen LogP contribution in [0.4, 0.5) is 17.1 Å². The summed E-state index contributed by atoms with van der Waals surface area (Å²) in [6.45, 7) is 8.20. The minimum absolute atomic E-state index is 0.222. The molecule has 0 amide bonds. The van der Waals surface area contributed by atoms with Gasteiger partial charge in [0.05, 0.1) is 0 Å². The summed E-state index contributed by atoms with van der Waals surface area (Å²) in [6.07, 6.45) is 2.61. The minimum atomic E-state index is 0.222. The van der Waals surface area contributed by atoms with Gasteiger partial charge in [0.15, 0.2) is 5.78 Å². The fourth-order valence-corrected chi connectivity index (χ4v) is 3.00. The van der Waals surface area contributed by atoms with Gasteiger partial charge in [-0.05, 0) is 61.9 Å². The van der Waals surface area contributed by atoms with Gasteiger partial charge in [0.2, 0.25) is 0 Å². The lowest BCUT2D eigenvalue weighted by atomic mass is 10.0. The van der Waals surface area contributed by atoms with Crippen molar-refractivity contribution in [2.24, 2.45) is 0 Å². The molecule has 0 radical (unpaired) electrons. The summed E-state index contributed by atoms with van der Waals surface area (Å²) in [7, 11) is 0. The van der Waals surface area contributed by atoms with E-state index in [0.29, 0.717) is 6.42 Å². The highest BCUT2D eigenvalue weighted by molar-refractivity contribution is 5.96. The van der Waals surface area contributed by atoms with Crippen LogP contribution in [0.15, 0.2) is 78.9 Å². The maximum atomic E-state index is 12.2. The molecule has 2 nitrogen and oxygen atoms in total. The lowest BCUT2D eigenvalue weighted by molar-refractivity contribution is 0.0980. The van der Waals surface area contributed by atoms with Crippen LogP contribution in [0, 0.1) is 6.92 Å². The molecule has 0 fully saturated rings. The topological polar surface area (TPSA) is 20.3 Å². The van der Waals surface area contributed by atoms with E-state index in [4.69, 9.17) is 0 Å². The van der Waals surface area contributed by atoms with Crippen LogP contribution in [-0.4, -0.2) is 5.78 Å². The minimum Gasteiger partial charge on any atom is -0.311 e. The van der Waals surface area contributed by atoms with Crippen molar-refractivity contribution in [1.82, 2.24) is 0 Å². The zero-order chi connectivity index (χ0) is 20.4. The number of para-hydroxylation sites is 1. The van der Waals surface area contributed by atoms with Crippen molar-refractivity contribution in [1.29, 1.82) is 0 Å². The summed E-state index contributed by atoms with van der Waals surface area (Å²) in [4.78, 5) is 14.5. The lowest BCUT2D eigenvalue weighted by Gasteiger charge is -2.25. The number of benzene rings is 3. The molecular weight excluding hydrogens is 342 g/mol. The van der Waals surface area contributed by atoms with E-state index in [1.54, 1.807) is 0 Å². The molecule has 2 heteroatoms. The number of rotatable bonds is 7. The summed E-state index contributed by atoms with van der Waals surface area (Å²) < 4.78 is 0. The summed E-state index contributed by atoms with van der Waals surface area (Å²) in [5.41, 5.74) is 5.28. The number of nitrogens with zero attached hydrogens (tertiary/aromatic N) is 1. The number of carbonyl (C=O) groups is 1. The highest BCUT2D eigenvalue weighted by atomic mass is 16.1. The summed E-state index contributed by atoms with van der Waals surface area (Å²) >= 11 is 0. The molecule has 146 valence electrons. The number of carbonyl (C=O) groups excluding carboxylic acids is 1. The molecule has 28 heavy (non-hydrogen) atoms. The lowest BCUT2D eigenvalue weighted by Crippen LogP contribution is -2.10. The quantitative estimate of drug-likeness (QED) is 0.393. The first kappa shape index (κ1) is 21.4. The highest BCUT2D eigenvalue weighted by Crippen LogP contribution is 2.34. The molecule has 0 atom stereocenters. The first-order chi connectivity index (χ1) is 13.7. The Kier molecular flexibility index (Phi) is 8.48. The fourth-order valence-electron chi connectivity index (χ4n) is 3.00. The predicted octanol–water partition coefficient (Wildman–Crippen LogP) is 7.86. The Bertz CT molecular complexity index is 836. The molecule has 0 aliphatic rings. The number of anilines is 3. The maximum Gasteiger partial charge on any atom is 0.162 e. The van der Waals surface area contributed by atoms with E-state index in [9.17, 15) is 4.79 Å². The zero-order valence-corrected chi connectivity index (χ0v) is 17.5. The van der Waals surface area contributed by atoms with Gasteiger partial charge >= 0.3 is 0 Å². The van der Waals surface area contributed by atoms with Gasteiger partial charge in [-0.1, -0.05) is 63.1 Å². The van der Waals surface area contributed by atoms with E-state index in [1.165, 1.54) is 5.56 Å². The van der Waals surface area contributed by atoms with Crippen molar-refractivity contribution in [3.8, 4) is 0 Å². The van der Waals surface area contributed by atoms with Gasteiger partial charge in [-0.15, -0.1) is 0 Å². The summed E-state index contributed by atoms with van der Waals surface area (Å²) in [6, 6.07) is 26.7. The number of hydrogen-bond acceptors (Lipinski definition) is 2. The van der Waals surface area contributed by atoms with E-state index in [2.05, 4.69) is 55.1 Å². The standard InChI is InChI=1S/C24H25NO.C2H6/c1-3-4-10-24(26)20-13-17-23(18-14-20)25(21-8-6-5-7-9-21)22-15-11-19(2)12-16-22;1-2/h5-9,11-18H,3-4,10H2,1-2H3;1-2H3. The molecule has 3 aromatic carbocycles. The Morgan fingerprint density at radius 1 is 0.750 bits per heavy atom. The van der Waals surface area contributed by atoms with Gasteiger partial charge < -0.3 is 4.90 Å². The molecule has 0 saturated heterocycles. The number of hydrogen-bond donors (Lipinski definition) is 0. The fraction of sp³-hybridized carbons (Fsp3) is 0.269. The molecule has 0 aliphatic heterocycles. The second-order valence-electron chi connectivity index (χ2n) is 6.58. The van der Waals surface area contributed by atoms with Crippen LogP contribution in [0.25, 0.3) is 0 Å². The molecule has 0 bridgehead atoms. The van der Waals surface area contributed by atoms with Gasteiger partial charge in [0.1, 0.15) is 0 Å². The number of unbranched alkanes of at least 4 members (excludes halogenated alkanes) is 1. The Balaban J connectivity index is 0.00000136. The van der Waals surface area contributed by atoms with Crippen molar-refractivity contribution in [2.75, 3.05) is 4.90 Å². The highest BCUT2D eigenvalue weighted by Gasteiger charge is 2.13. The maximum absolute atomic E-state index is 12.2. The van der Waals surface area contributed by atoms with Crippen LogP contribution in [-0.2, 0) is 0 Å². The molecule has 0 spiro atoms. The number of Topliss-reactive ketones (excluding diaryl/α,β-unsaturated/α-hetero) is 1. The zero-order valence-electron chi connectivity index (χ0n) is 17.5. The molecule has 0 saturated carbocycles. The largest absolute Gasteiger partial charge is 0.311 e. The molecule has 3 aromatic rings. The Labute approximate surface area is 169 Å². The van der Waals surface area contributed by atoms with Gasteiger partial charge in [0.25, 0.3) is 0 Å². The average molecular weight is 374 g/mol. The normalized spacial score (nSPS) is 10.0. The van der Waals surface area contributed by atoms with Crippen molar-refractivity contribution in [3.05, 3.63) is 90.0 Å². The molecule has 0 aromatic heterocycles. The molecule has 0 heterocycles. The third-order valence-electron chi connectivity index (χ3n) is 4.51. The third-order valence-corrected chi connectivity index (χ3v) is 4.51. The average Bonchev–Trinajstić information content (AvgIpc) is 2.76. The summed E-state index contributed by atoms with van der Waals surface area (Å²) in [5.74, 6) is 0.222. The van der Waals surface area contributed by atoms with E-state index in [1.807, 2.05) is 56.3 Å². The first-order valence-corrected chi connectivity index (χ1v) is 10.2. The van der Waals surface area contributed by atoms with Gasteiger partial charge in [-0.3, -0.25) is 4.79 Å². The Morgan fingerprint density at radius 2 is 1.25 bits per heavy atom. The molecule has 0 aliphatic carbocycles. The smallest absolute Gasteiger partial charge is 0.162 e. The second-order valence-corrected chi connectivity index (χ2v) is 6.58. The monoisotopic (exact) mass is 373 g/mol. The van der Waals surface area contributed by atoms with Gasteiger partial charge in [-0.25, -0.2) is 0 Å². The van der Waals surface area contributed by atoms with Crippen molar-refractivity contribution in [3.63, 3.8) is 0 Å². The molecule has 0 N–H and O–H groups in total. The van der Waals surface area contributed by atoms with Crippen LogP contribution >= 0.6 is 0 Å². The van der Waals surface area contributed by atoms with Crippen molar-refractivity contribution < 1.29 is 4.79 Å².